The van der Waals surface area contributed by atoms with E-state index < -0.39 is 0 Å². The lowest BCUT2D eigenvalue weighted by atomic mass is 10.1. The van der Waals surface area contributed by atoms with Crippen molar-refractivity contribution in [1.82, 2.24) is 0 Å². The van der Waals surface area contributed by atoms with Crippen LogP contribution in [0.25, 0.3) is 0 Å². The largest absolute Gasteiger partial charge is 0.516 e. The minimum Gasteiger partial charge on any atom is -0.516 e. The number of allylic oxidation sites excluding steroid dienone is 5. The fraction of sp³-hybridized carbons (Fsp3) is 0.625. The Bertz CT molecular complexity index is 214. The number of aliphatic hydroxyl groups is 1. The summed E-state index contributed by atoms with van der Waals surface area (Å²) < 4.78 is 0. The smallest absolute Gasteiger partial charge is 0.0791 e. The number of aliphatic hydroxyl groups excluding tert-OH is 1. The van der Waals surface area contributed by atoms with Crippen molar-refractivity contribution in [3.63, 3.8) is 0 Å². The van der Waals surface area contributed by atoms with Crippen molar-refractivity contribution in [2.24, 2.45) is 0 Å². The van der Waals surface area contributed by atoms with Gasteiger partial charge in [0, 0.05) is 0 Å². The summed E-state index contributed by atoms with van der Waals surface area (Å²) in [5.74, 6) is 0. The third kappa shape index (κ3) is 15.0. The molecule has 0 unspecified atom stereocenters. The predicted molar refractivity (Wildman–Crippen MR) is 77.3 cm³/mol. The van der Waals surface area contributed by atoms with Gasteiger partial charge in [-0.15, -0.1) is 0 Å². The van der Waals surface area contributed by atoms with Gasteiger partial charge in [-0.25, -0.2) is 0 Å². The van der Waals surface area contributed by atoms with Crippen LogP contribution in [0.15, 0.2) is 36.6 Å². The standard InChI is InChI=1S/C16H28O/c1-2-3-4-5-6-7-8-9-10-11-12-13-14-15-16-17/h5-6,13-17H,2-4,7-12H2,1H3. The van der Waals surface area contributed by atoms with Gasteiger partial charge in [0.15, 0.2) is 0 Å². The molecular formula is C16H28O. The van der Waals surface area contributed by atoms with Crippen LogP contribution in [-0.4, -0.2) is 5.11 Å². The Morgan fingerprint density at radius 3 is 1.88 bits per heavy atom. The van der Waals surface area contributed by atoms with Gasteiger partial charge in [0.2, 0.25) is 0 Å². The van der Waals surface area contributed by atoms with E-state index in [0.29, 0.717) is 0 Å². The Labute approximate surface area is 107 Å². The highest BCUT2D eigenvalue weighted by atomic mass is 16.2. The lowest BCUT2D eigenvalue weighted by molar-refractivity contribution is 0.473. The minimum atomic E-state index is 1.07. The van der Waals surface area contributed by atoms with Crippen LogP contribution in [0, 0.1) is 0 Å². The van der Waals surface area contributed by atoms with E-state index >= 15 is 0 Å². The molecule has 0 rings (SSSR count). The summed E-state index contributed by atoms with van der Waals surface area (Å²) in [5.41, 5.74) is 0. The van der Waals surface area contributed by atoms with Gasteiger partial charge in [0.25, 0.3) is 0 Å². The van der Waals surface area contributed by atoms with Gasteiger partial charge in [-0.2, -0.15) is 0 Å². The third-order valence-electron chi connectivity index (χ3n) is 2.72. The minimum absolute atomic E-state index is 1.07. The fourth-order valence-electron chi connectivity index (χ4n) is 1.66. The van der Waals surface area contributed by atoms with Crippen molar-refractivity contribution >= 4 is 0 Å². The molecule has 1 nitrogen and oxygen atoms in total. The molecule has 0 bridgehead atoms. The Hall–Kier alpha value is -0.980. The number of rotatable bonds is 11. The molecule has 0 saturated carbocycles. The van der Waals surface area contributed by atoms with E-state index in [4.69, 9.17) is 5.11 Å². The average Bonchev–Trinajstić information content (AvgIpc) is 2.35. The Morgan fingerprint density at radius 1 is 0.706 bits per heavy atom. The van der Waals surface area contributed by atoms with Crippen molar-refractivity contribution in [3.05, 3.63) is 36.6 Å². The van der Waals surface area contributed by atoms with Crippen molar-refractivity contribution in [2.45, 2.75) is 64.7 Å². The molecule has 0 radical (unpaired) electrons. The molecular weight excluding hydrogens is 208 g/mol. The summed E-state index contributed by atoms with van der Waals surface area (Å²) in [4.78, 5) is 0. The second-order valence-corrected chi connectivity index (χ2v) is 4.37. The zero-order valence-electron chi connectivity index (χ0n) is 11.3. The zero-order valence-corrected chi connectivity index (χ0v) is 11.3. The maximum absolute atomic E-state index is 8.41. The number of unbranched alkanes of at least 4 members (excludes halogenated alkanes) is 7. The number of hydrogen-bond donors (Lipinski definition) is 1. The molecule has 0 amide bonds. The summed E-state index contributed by atoms with van der Waals surface area (Å²) in [7, 11) is 0. The summed E-state index contributed by atoms with van der Waals surface area (Å²) >= 11 is 0. The summed E-state index contributed by atoms with van der Waals surface area (Å²) in [6.07, 6.45) is 22.9. The number of hydrogen-bond acceptors (Lipinski definition) is 1. The second-order valence-electron chi connectivity index (χ2n) is 4.37. The van der Waals surface area contributed by atoms with E-state index in [9.17, 15) is 0 Å². The highest BCUT2D eigenvalue weighted by molar-refractivity contribution is 4.98. The SMILES string of the molecule is CCCCC=CCCCCCCC=CC=CO. The van der Waals surface area contributed by atoms with E-state index in [1.165, 1.54) is 51.4 Å². The molecule has 0 saturated heterocycles. The first-order valence-electron chi connectivity index (χ1n) is 7.02. The highest BCUT2D eigenvalue weighted by Crippen LogP contribution is 2.07. The first-order valence-corrected chi connectivity index (χ1v) is 7.02. The molecule has 0 aliphatic heterocycles. The molecule has 17 heavy (non-hydrogen) atoms. The maximum atomic E-state index is 8.41. The van der Waals surface area contributed by atoms with E-state index in [2.05, 4.69) is 25.2 Å². The van der Waals surface area contributed by atoms with Gasteiger partial charge in [-0.1, -0.05) is 56.9 Å². The van der Waals surface area contributed by atoms with Crippen LogP contribution in [0.3, 0.4) is 0 Å². The van der Waals surface area contributed by atoms with Gasteiger partial charge < -0.3 is 5.11 Å². The van der Waals surface area contributed by atoms with Crippen molar-refractivity contribution in [1.29, 1.82) is 0 Å². The third-order valence-corrected chi connectivity index (χ3v) is 2.72. The van der Waals surface area contributed by atoms with Crippen molar-refractivity contribution in [2.75, 3.05) is 0 Å². The van der Waals surface area contributed by atoms with Crippen LogP contribution in [0.4, 0.5) is 0 Å². The molecule has 1 N–H and O–H groups in total. The molecule has 0 aliphatic carbocycles. The normalized spacial score (nSPS) is 12.3. The van der Waals surface area contributed by atoms with Crippen LogP contribution < -0.4 is 0 Å². The van der Waals surface area contributed by atoms with E-state index in [1.54, 1.807) is 6.08 Å². The van der Waals surface area contributed by atoms with Crippen LogP contribution in [0.1, 0.15) is 64.7 Å². The molecule has 0 aromatic rings. The van der Waals surface area contributed by atoms with Gasteiger partial charge in [-0.3, -0.25) is 0 Å². The molecule has 0 fully saturated rings. The molecule has 0 aliphatic rings. The predicted octanol–water partition coefficient (Wildman–Crippen LogP) is 5.70. The summed E-state index contributed by atoms with van der Waals surface area (Å²) in [6, 6.07) is 0. The molecule has 0 spiro atoms. The molecule has 0 aromatic carbocycles. The van der Waals surface area contributed by atoms with Crippen molar-refractivity contribution in [3.8, 4) is 0 Å². The fourth-order valence-corrected chi connectivity index (χ4v) is 1.66. The van der Waals surface area contributed by atoms with Gasteiger partial charge in [-0.05, 0) is 38.2 Å². The second kappa shape index (κ2) is 15.0. The topological polar surface area (TPSA) is 20.2 Å². The Balaban J connectivity index is 3.10. The zero-order chi connectivity index (χ0) is 12.6. The van der Waals surface area contributed by atoms with Crippen LogP contribution in [0.5, 0.6) is 0 Å². The Morgan fingerprint density at radius 2 is 1.29 bits per heavy atom. The lowest BCUT2D eigenvalue weighted by Gasteiger charge is -1.96. The molecule has 0 heterocycles. The van der Waals surface area contributed by atoms with Crippen LogP contribution in [0.2, 0.25) is 0 Å². The van der Waals surface area contributed by atoms with Crippen molar-refractivity contribution < 1.29 is 5.11 Å². The maximum Gasteiger partial charge on any atom is 0.0791 e. The van der Waals surface area contributed by atoms with E-state index in [0.717, 1.165) is 12.7 Å². The highest BCUT2D eigenvalue weighted by Gasteiger charge is 1.87. The van der Waals surface area contributed by atoms with Gasteiger partial charge in [0.05, 0.1) is 6.26 Å². The summed E-state index contributed by atoms with van der Waals surface area (Å²) in [6.45, 7) is 2.23. The quantitative estimate of drug-likeness (QED) is 0.211. The monoisotopic (exact) mass is 236 g/mol. The van der Waals surface area contributed by atoms with Gasteiger partial charge in [0.1, 0.15) is 0 Å². The van der Waals surface area contributed by atoms with Gasteiger partial charge >= 0.3 is 0 Å². The molecule has 0 atom stereocenters. The first-order chi connectivity index (χ1) is 8.41. The van der Waals surface area contributed by atoms with Crippen LogP contribution in [-0.2, 0) is 0 Å². The van der Waals surface area contributed by atoms with E-state index in [1.807, 2.05) is 6.08 Å². The Kier molecular flexibility index (Phi) is 14.2. The van der Waals surface area contributed by atoms with Crippen LogP contribution >= 0.6 is 0 Å². The molecule has 0 aromatic heterocycles. The van der Waals surface area contributed by atoms with E-state index in [-0.39, 0.29) is 0 Å². The molecule has 98 valence electrons. The average molecular weight is 236 g/mol. The lowest BCUT2D eigenvalue weighted by Crippen LogP contribution is -1.77. The molecule has 1 heteroatoms. The summed E-state index contributed by atoms with van der Waals surface area (Å²) in [5, 5.41) is 8.41. The first kappa shape index (κ1) is 16.0.